The number of carbonyl (C=O) groups excluding carboxylic acids is 1. The van der Waals surface area contributed by atoms with Gasteiger partial charge in [0, 0.05) is 36.9 Å². The molecule has 1 aliphatic rings. The second-order valence-electron chi connectivity index (χ2n) is 5.33. The quantitative estimate of drug-likeness (QED) is 0.857. The van der Waals surface area contributed by atoms with Crippen LogP contribution in [0.1, 0.15) is 29.4 Å². The zero-order chi connectivity index (χ0) is 14.8. The van der Waals surface area contributed by atoms with Gasteiger partial charge in [-0.15, -0.1) is 11.3 Å². The number of nitrogens with one attached hydrogen (secondary N) is 1. The third kappa shape index (κ3) is 3.01. The number of nitrogen functional groups attached to an aromatic ring is 1. The maximum absolute atomic E-state index is 12.3. The van der Waals surface area contributed by atoms with Gasteiger partial charge in [-0.1, -0.05) is 6.92 Å². The van der Waals surface area contributed by atoms with Crippen LogP contribution in [0.5, 0.6) is 0 Å². The van der Waals surface area contributed by atoms with Gasteiger partial charge in [0.25, 0.3) is 5.91 Å². The molecule has 2 aromatic rings. The molecule has 0 radical (unpaired) electrons. The molecule has 0 bridgehead atoms. The minimum atomic E-state index is -0.0828. The lowest BCUT2D eigenvalue weighted by atomic mass is 10.2. The number of likely N-dealkylation sites (N-methyl/N-ethyl adjacent to an activating group) is 1. The van der Waals surface area contributed by atoms with E-state index < -0.39 is 0 Å². The van der Waals surface area contributed by atoms with Gasteiger partial charge in [-0.2, -0.15) is 0 Å². The average molecular weight is 304 g/mol. The van der Waals surface area contributed by atoms with Crippen LogP contribution in [0, 0.1) is 0 Å². The van der Waals surface area contributed by atoms with Crippen molar-refractivity contribution >= 4 is 33.0 Å². The SMILES string of the molecule is CCN(CCNC(=O)c1sc2cnccc2c1N)C1CC1. The number of rotatable bonds is 6. The summed E-state index contributed by atoms with van der Waals surface area (Å²) in [6.07, 6.45) is 6.02. The molecule has 2 aromatic heterocycles. The highest BCUT2D eigenvalue weighted by molar-refractivity contribution is 7.21. The Morgan fingerprint density at radius 1 is 1.57 bits per heavy atom. The number of fused-ring (bicyclic) bond motifs is 1. The molecule has 6 heteroatoms. The number of amides is 1. The third-order valence-corrected chi connectivity index (χ3v) is 5.05. The van der Waals surface area contributed by atoms with Crippen LogP contribution in [0.3, 0.4) is 0 Å². The van der Waals surface area contributed by atoms with E-state index >= 15 is 0 Å². The van der Waals surface area contributed by atoms with Crippen molar-refractivity contribution < 1.29 is 4.79 Å². The van der Waals surface area contributed by atoms with Gasteiger partial charge in [0.2, 0.25) is 0 Å². The zero-order valence-electron chi connectivity index (χ0n) is 12.1. The van der Waals surface area contributed by atoms with E-state index in [0.29, 0.717) is 17.1 Å². The highest BCUT2D eigenvalue weighted by atomic mass is 32.1. The fourth-order valence-corrected chi connectivity index (χ4v) is 3.58. The zero-order valence-corrected chi connectivity index (χ0v) is 12.9. The van der Waals surface area contributed by atoms with Crippen LogP contribution in [0.2, 0.25) is 0 Å². The maximum atomic E-state index is 12.3. The number of anilines is 1. The lowest BCUT2D eigenvalue weighted by Crippen LogP contribution is -2.36. The van der Waals surface area contributed by atoms with Crippen molar-refractivity contribution in [1.29, 1.82) is 0 Å². The van der Waals surface area contributed by atoms with Gasteiger partial charge < -0.3 is 11.1 Å². The Morgan fingerprint density at radius 3 is 3.05 bits per heavy atom. The highest BCUT2D eigenvalue weighted by Crippen LogP contribution is 2.32. The molecule has 0 saturated heterocycles. The van der Waals surface area contributed by atoms with Crippen molar-refractivity contribution in [3.8, 4) is 0 Å². The Morgan fingerprint density at radius 2 is 2.38 bits per heavy atom. The minimum absolute atomic E-state index is 0.0828. The number of aromatic nitrogens is 1. The predicted octanol–water partition coefficient (Wildman–Crippen LogP) is 2.09. The molecule has 0 aromatic carbocycles. The number of pyridine rings is 1. The Bertz CT molecular complexity index is 650. The number of nitrogens with two attached hydrogens (primary N) is 1. The van der Waals surface area contributed by atoms with Crippen LogP contribution < -0.4 is 11.1 Å². The summed E-state index contributed by atoms with van der Waals surface area (Å²) in [6, 6.07) is 2.58. The van der Waals surface area contributed by atoms with Gasteiger partial charge in [0.1, 0.15) is 4.88 Å². The van der Waals surface area contributed by atoms with Crippen LogP contribution in [0.4, 0.5) is 5.69 Å². The lowest BCUT2D eigenvalue weighted by Gasteiger charge is -2.19. The summed E-state index contributed by atoms with van der Waals surface area (Å²) in [5.74, 6) is -0.0828. The summed E-state index contributed by atoms with van der Waals surface area (Å²) in [7, 11) is 0. The molecule has 1 amide bonds. The van der Waals surface area contributed by atoms with E-state index in [-0.39, 0.29) is 5.91 Å². The molecule has 21 heavy (non-hydrogen) atoms. The lowest BCUT2D eigenvalue weighted by molar-refractivity contribution is 0.0953. The number of hydrogen-bond donors (Lipinski definition) is 2. The van der Waals surface area contributed by atoms with E-state index in [4.69, 9.17) is 5.73 Å². The molecule has 1 aliphatic carbocycles. The number of thiophene rings is 1. The van der Waals surface area contributed by atoms with Gasteiger partial charge in [0.05, 0.1) is 10.4 Å². The summed E-state index contributed by atoms with van der Waals surface area (Å²) in [5, 5.41) is 3.89. The first-order valence-electron chi connectivity index (χ1n) is 7.35. The number of carbonyl (C=O) groups is 1. The van der Waals surface area contributed by atoms with Crippen LogP contribution in [0.15, 0.2) is 18.5 Å². The summed E-state index contributed by atoms with van der Waals surface area (Å²) in [4.78, 5) is 19.3. The molecule has 112 valence electrons. The molecule has 5 nitrogen and oxygen atoms in total. The minimum Gasteiger partial charge on any atom is -0.397 e. The van der Waals surface area contributed by atoms with E-state index in [1.807, 2.05) is 6.07 Å². The first-order chi connectivity index (χ1) is 10.2. The second kappa shape index (κ2) is 5.99. The summed E-state index contributed by atoms with van der Waals surface area (Å²) in [5.41, 5.74) is 6.63. The van der Waals surface area contributed by atoms with Gasteiger partial charge in [-0.25, -0.2) is 0 Å². The van der Waals surface area contributed by atoms with Gasteiger partial charge >= 0.3 is 0 Å². The first kappa shape index (κ1) is 14.3. The molecule has 1 saturated carbocycles. The molecule has 3 N–H and O–H groups in total. The molecule has 2 heterocycles. The van der Waals surface area contributed by atoms with E-state index in [0.717, 1.165) is 29.2 Å². The van der Waals surface area contributed by atoms with E-state index in [1.54, 1.807) is 12.4 Å². The second-order valence-corrected chi connectivity index (χ2v) is 6.38. The van der Waals surface area contributed by atoms with Crippen molar-refractivity contribution in [3.63, 3.8) is 0 Å². The molecule has 0 atom stereocenters. The van der Waals surface area contributed by atoms with Crippen molar-refractivity contribution in [3.05, 3.63) is 23.3 Å². The molecule has 0 unspecified atom stereocenters. The van der Waals surface area contributed by atoms with Crippen molar-refractivity contribution in [2.75, 3.05) is 25.4 Å². The molecule has 0 spiro atoms. The monoisotopic (exact) mass is 304 g/mol. The smallest absolute Gasteiger partial charge is 0.263 e. The van der Waals surface area contributed by atoms with Crippen molar-refractivity contribution in [1.82, 2.24) is 15.2 Å². The topological polar surface area (TPSA) is 71.2 Å². The Labute approximate surface area is 128 Å². The van der Waals surface area contributed by atoms with Crippen molar-refractivity contribution in [2.45, 2.75) is 25.8 Å². The first-order valence-corrected chi connectivity index (χ1v) is 8.16. The molecule has 0 aliphatic heterocycles. The fourth-order valence-electron chi connectivity index (χ4n) is 2.57. The average Bonchev–Trinajstić information content (AvgIpc) is 3.28. The van der Waals surface area contributed by atoms with Crippen molar-refractivity contribution in [2.24, 2.45) is 0 Å². The third-order valence-electron chi connectivity index (χ3n) is 3.89. The standard InChI is InChI=1S/C15H20N4OS/c1-2-19(10-3-4-10)8-7-18-15(20)14-13(16)11-5-6-17-9-12(11)21-14/h5-6,9-10H,2-4,7-8,16H2,1H3,(H,18,20). The predicted molar refractivity (Wildman–Crippen MR) is 86.6 cm³/mol. The maximum Gasteiger partial charge on any atom is 0.263 e. The van der Waals surface area contributed by atoms with Gasteiger partial charge in [-0.05, 0) is 25.5 Å². The van der Waals surface area contributed by atoms with Gasteiger partial charge in [-0.3, -0.25) is 14.7 Å². The highest BCUT2D eigenvalue weighted by Gasteiger charge is 2.27. The Kier molecular flexibility index (Phi) is 4.07. The molecular weight excluding hydrogens is 284 g/mol. The van der Waals surface area contributed by atoms with E-state index in [9.17, 15) is 4.79 Å². The largest absolute Gasteiger partial charge is 0.397 e. The molecular formula is C15H20N4OS. The normalized spacial score (nSPS) is 14.8. The fraction of sp³-hybridized carbons (Fsp3) is 0.467. The van der Waals surface area contributed by atoms with E-state index in [1.165, 1.54) is 24.2 Å². The van der Waals surface area contributed by atoms with E-state index in [2.05, 4.69) is 22.1 Å². The summed E-state index contributed by atoms with van der Waals surface area (Å²) >= 11 is 1.40. The summed E-state index contributed by atoms with van der Waals surface area (Å²) < 4.78 is 0.952. The Hall–Kier alpha value is -1.66. The van der Waals surface area contributed by atoms with Gasteiger partial charge in [0.15, 0.2) is 0 Å². The molecule has 3 rings (SSSR count). The van der Waals surface area contributed by atoms with Crippen LogP contribution in [-0.4, -0.2) is 41.5 Å². The van der Waals surface area contributed by atoms with Crippen LogP contribution in [-0.2, 0) is 0 Å². The summed E-state index contributed by atoms with van der Waals surface area (Å²) in [6.45, 7) is 4.77. The van der Waals surface area contributed by atoms with Crippen LogP contribution in [0.25, 0.3) is 10.1 Å². The molecule has 1 fully saturated rings. The Balaban J connectivity index is 1.62. The number of nitrogens with zero attached hydrogens (tertiary/aromatic N) is 2. The van der Waals surface area contributed by atoms with Crippen LogP contribution >= 0.6 is 11.3 Å². The number of hydrogen-bond acceptors (Lipinski definition) is 5.